The summed E-state index contributed by atoms with van der Waals surface area (Å²) in [6.45, 7) is 4.68. The van der Waals surface area contributed by atoms with Crippen LogP contribution in [0.2, 0.25) is 0 Å². The first-order valence-corrected chi connectivity index (χ1v) is 6.58. The highest BCUT2D eigenvalue weighted by atomic mass is 35.5. The summed E-state index contributed by atoms with van der Waals surface area (Å²) in [5, 5.41) is 0. The Hall–Kier alpha value is -1.95. The zero-order valence-corrected chi connectivity index (χ0v) is 13.4. The first kappa shape index (κ1) is 17.1. The molecule has 0 aliphatic carbocycles. The van der Waals surface area contributed by atoms with Crippen molar-refractivity contribution >= 4 is 24.3 Å². The van der Waals surface area contributed by atoms with Crippen LogP contribution < -0.4 is 16.2 Å². The second-order valence-corrected chi connectivity index (χ2v) is 4.94. The fraction of sp³-hybridized carbons (Fsp3) is 0.429. The van der Waals surface area contributed by atoms with E-state index in [0.717, 1.165) is 17.7 Å². The molecule has 7 heteroatoms. The molecular formula is C14H22ClN5O. The van der Waals surface area contributed by atoms with Crippen LogP contribution in [0.3, 0.4) is 0 Å². The van der Waals surface area contributed by atoms with Gasteiger partial charge in [-0.25, -0.2) is 4.99 Å². The molecule has 4 N–H and O–H groups in total. The summed E-state index contributed by atoms with van der Waals surface area (Å²) in [6, 6.07) is 7.86. The van der Waals surface area contributed by atoms with E-state index in [2.05, 4.69) is 16.9 Å². The lowest BCUT2D eigenvalue weighted by atomic mass is 10.1. The van der Waals surface area contributed by atoms with Gasteiger partial charge in [-0.3, -0.25) is 0 Å². The van der Waals surface area contributed by atoms with Crippen molar-refractivity contribution in [2.45, 2.75) is 32.5 Å². The topological polar surface area (TPSA) is 89.2 Å². The average molecular weight is 312 g/mol. The van der Waals surface area contributed by atoms with Gasteiger partial charge in [0, 0.05) is 6.54 Å². The number of aliphatic imine (C=N–C) groups is 2. The number of benzene rings is 1. The maximum absolute atomic E-state index is 6.01. The van der Waals surface area contributed by atoms with E-state index < -0.39 is 5.66 Å². The van der Waals surface area contributed by atoms with Crippen LogP contribution in [-0.4, -0.2) is 29.6 Å². The van der Waals surface area contributed by atoms with Gasteiger partial charge in [-0.05, 0) is 31.0 Å². The lowest BCUT2D eigenvalue weighted by molar-refractivity contribution is 0.181. The van der Waals surface area contributed by atoms with E-state index in [1.807, 2.05) is 36.1 Å². The highest BCUT2D eigenvalue weighted by Crippen LogP contribution is 2.26. The Balaban J connectivity index is 0.00000220. The number of hydrogen-bond donors (Lipinski definition) is 2. The van der Waals surface area contributed by atoms with Gasteiger partial charge in [0.15, 0.2) is 0 Å². The largest absolute Gasteiger partial charge is 0.497 e. The zero-order chi connectivity index (χ0) is 14.8. The predicted octanol–water partition coefficient (Wildman–Crippen LogP) is 1.69. The molecule has 1 aromatic rings. The first-order valence-electron chi connectivity index (χ1n) is 6.58. The lowest BCUT2D eigenvalue weighted by Gasteiger charge is -2.40. The van der Waals surface area contributed by atoms with Crippen LogP contribution in [0.15, 0.2) is 34.3 Å². The molecule has 1 atom stereocenters. The van der Waals surface area contributed by atoms with E-state index in [1.54, 1.807) is 7.11 Å². The van der Waals surface area contributed by atoms with Gasteiger partial charge in [-0.1, -0.05) is 19.1 Å². The van der Waals surface area contributed by atoms with Crippen molar-refractivity contribution < 1.29 is 4.74 Å². The van der Waals surface area contributed by atoms with E-state index >= 15 is 0 Å². The molecule has 0 spiro atoms. The van der Waals surface area contributed by atoms with Crippen molar-refractivity contribution in [3.8, 4) is 5.75 Å². The van der Waals surface area contributed by atoms with Crippen LogP contribution in [0, 0.1) is 0 Å². The zero-order valence-electron chi connectivity index (χ0n) is 12.5. The molecule has 2 rings (SSSR count). The Kier molecular flexibility index (Phi) is 5.43. The van der Waals surface area contributed by atoms with Crippen LogP contribution in [0.4, 0.5) is 0 Å². The van der Waals surface area contributed by atoms with E-state index in [9.17, 15) is 0 Å². The van der Waals surface area contributed by atoms with Crippen LogP contribution in [0.5, 0.6) is 5.75 Å². The summed E-state index contributed by atoms with van der Waals surface area (Å²) in [5.41, 5.74) is 12.4. The maximum Gasteiger partial charge on any atom is 0.220 e. The molecule has 1 unspecified atom stereocenters. The highest BCUT2D eigenvalue weighted by molar-refractivity contribution is 5.95. The number of methoxy groups -OCH3 is 1. The number of guanidine groups is 2. The van der Waals surface area contributed by atoms with Crippen molar-refractivity contribution in [1.82, 2.24) is 4.90 Å². The molecule has 116 valence electrons. The monoisotopic (exact) mass is 311 g/mol. The van der Waals surface area contributed by atoms with Gasteiger partial charge in [0.05, 0.1) is 7.11 Å². The normalized spacial score (nSPS) is 21.2. The predicted molar refractivity (Wildman–Crippen MR) is 87.7 cm³/mol. The fourth-order valence-electron chi connectivity index (χ4n) is 2.19. The Morgan fingerprint density at radius 2 is 1.86 bits per heavy atom. The summed E-state index contributed by atoms with van der Waals surface area (Å²) in [5.74, 6) is 1.46. The van der Waals surface area contributed by atoms with Gasteiger partial charge in [-0.15, -0.1) is 12.4 Å². The number of halogens is 1. The number of ether oxygens (including phenoxy) is 1. The minimum absolute atomic E-state index is 0. The van der Waals surface area contributed by atoms with Crippen molar-refractivity contribution in [2.75, 3.05) is 7.11 Å². The van der Waals surface area contributed by atoms with Crippen LogP contribution in [0.1, 0.15) is 25.8 Å². The molecule has 0 saturated carbocycles. The summed E-state index contributed by atoms with van der Waals surface area (Å²) in [7, 11) is 1.65. The summed E-state index contributed by atoms with van der Waals surface area (Å²) >= 11 is 0. The van der Waals surface area contributed by atoms with Crippen LogP contribution >= 0.6 is 12.4 Å². The van der Waals surface area contributed by atoms with Crippen molar-refractivity contribution in [1.29, 1.82) is 0 Å². The van der Waals surface area contributed by atoms with Crippen molar-refractivity contribution in [3.63, 3.8) is 0 Å². The number of hydrogen-bond acceptors (Lipinski definition) is 6. The van der Waals surface area contributed by atoms with Crippen molar-refractivity contribution in [3.05, 3.63) is 29.8 Å². The third-order valence-corrected chi connectivity index (χ3v) is 3.61. The molecule has 0 radical (unpaired) electrons. The third kappa shape index (κ3) is 3.58. The maximum atomic E-state index is 6.01. The quantitative estimate of drug-likeness (QED) is 0.885. The molecule has 0 fully saturated rings. The fourth-order valence-corrected chi connectivity index (χ4v) is 2.19. The van der Waals surface area contributed by atoms with Gasteiger partial charge in [0.2, 0.25) is 11.9 Å². The third-order valence-electron chi connectivity index (χ3n) is 3.61. The van der Waals surface area contributed by atoms with E-state index in [0.29, 0.717) is 12.5 Å². The number of rotatable bonds is 4. The Bertz CT molecular complexity index is 543. The first-order chi connectivity index (χ1) is 9.48. The van der Waals surface area contributed by atoms with Gasteiger partial charge in [0.25, 0.3) is 0 Å². The molecule has 0 amide bonds. The SMILES string of the molecule is CCC1(C)N=C(N)N=C(N)N1Cc1ccc(OC)cc1.Cl. The van der Waals surface area contributed by atoms with Gasteiger partial charge >= 0.3 is 0 Å². The van der Waals surface area contributed by atoms with E-state index in [1.165, 1.54) is 0 Å². The Morgan fingerprint density at radius 3 is 2.38 bits per heavy atom. The van der Waals surface area contributed by atoms with Gasteiger partial charge in [-0.2, -0.15) is 4.99 Å². The standard InChI is InChI=1S/C14H21N5O.ClH/c1-4-14(2)18-12(15)17-13(16)19(14)9-10-5-7-11(20-3)8-6-10;/h5-8H,4,9H2,1-3H3,(H4,15,16,17,18);1H. The van der Waals surface area contributed by atoms with Crippen molar-refractivity contribution in [2.24, 2.45) is 21.5 Å². The van der Waals surface area contributed by atoms with Gasteiger partial charge in [0.1, 0.15) is 11.4 Å². The molecule has 0 bridgehead atoms. The summed E-state index contributed by atoms with van der Waals surface area (Å²) in [6.07, 6.45) is 0.792. The number of nitrogens with zero attached hydrogens (tertiary/aromatic N) is 3. The molecule has 6 nitrogen and oxygen atoms in total. The summed E-state index contributed by atoms with van der Waals surface area (Å²) in [4.78, 5) is 10.4. The highest BCUT2D eigenvalue weighted by Gasteiger charge is 2.34. The second kappa shape index (κ2) is 6.67. The van der Waals surface area contributed by atoms with Gasteiger partial charge < -0.3 is 21.1 Å². The molecule has 0 aromatic heterocycles. The molecule has 1 heterocycles. The van der Waals surface area contributed by atoms with E-state index in [-0.39, 0.29) is 18.4 Å². The molecule has 1 aliphatic heterocycles. The molecular weight excluding hydrogens is 290 g/mol. The molecule has 0 saturated heterocycles. The van der Waals surface area contributed by atoms with Crippen LogP contribution in [0.25, 0.3) is 0 Å². The molecule has 1 aliphatic rings. The Morgan fingerprint density at radius 1 is 1.24 bits per heavy atom. The second-order valence-electron chi connectivity index (χ2n) is 4.94. The smallest absolute Gasteiger partial charge is 0.220 e. The summed E-state index contributed by atoms with van der Waals surface area (Å²) < 4.78 is 5.16. The Labute approximate surface area is 131 Å². The number of nitrogens with two attached hydrogens (primary N) is 2. The lowest BCUT2D eigenvalue weighted by Crippen LogP contribution is -2.54. The minimum atomic E-state index is -0.462. The van der Waals surface area contributed by atoms with E-state index in [4.69, 9.17) is 16.2 Å². The average Bonchev–Trinajstić information content (AvgIpc) is 2.43. The molecule has 1 aromatic carbocycles. The minimum Gasteiger partial charge on any atom is -0.497 e. The van der Waals surface area contributed by atoms with Crippen LogP contribution in [-0.2, 0) is 6.54 Å². The molecule has 21 heavy (non-hydrogen) atoms.